The Morgan fingerprint density at radius 3 is 2.45 bits per heavy atom. The zero-order valence-corrected chi connectivity index (χ0v) is 16.1. The van der Waals surface area contributed by atoms with Crippen LogP contribution in [-0.2, 0) is 11.0 Å². The van der Waals surface area contributed by atoms with Gasteiger partial charge in [-0.2, -0.15) is 13.2 Å². The Kier molecular flexibility index (Phi) is 5.86. The molecule has 0 bridgehead atoms. The van der Waals surface area contributed by atoms with Gasteiger partial charge in [-0.05, 0) is 38.0 Å². The second kappa shape index (κ2) is 8.24. The molecule has 3 rings (SSSR count). The summed E-state index contributed by atoms with van der Waals surface area (Å²) in [5.41, 5.74) is -0.637. The summed E-state index contributed by atoms with van der Waals surface area (Å²) in [6.07, 6.45) is -5.51. The summed E-state index contributed by atoms with van der Waals surface area (Å²) >= 11 is 0. The number of aromatic nitrogens is 3. The molecule has 0 saturated carbocycles. The Bertz CT molecular complexity index is 1020. The van der Waals surface area contributed by atoms with Crippen LogP contribution >= 0.6 is 0 Å². The number of rotatable bonds is 4. The Balaban J connectivity index is 1.77. The predicted octanol–water partition coefficient (Wildman–Crippen LogP) is 2.58. The third-order valence-electron chi connectivity index (χ3n) is 4.89. The van der Waals surface area contributed by atoms with Gasteiger partial charge in [0.1, 0.15) is 17.5 Å². The molecule has 13 heteroatoms. The number of nitrogens with zero attached hydrogens (tertiary/aromatic N) is 4. The number of carbonyl (C=O) groups is 2. The van der Waals surface area contributed by atoms with Crippen LogP contribution in [0.1, 0.15) is 24.1 Å². The van der Waals surface area contributed by atoms with Crippen LogP contribution in [-0.4, -0.2) is 66.1 Å². The van der Waals surface area contributed by atoms with Crippen molar-refractivity contribution in [3.63, 3.8) is 0 Å². The number of phenolic OH excluding ortho intramolecular Hbond substituents is 1. The van der Waals surface area contributed by atoms with E-state index in [9.17, 15) is 33.0 Å². The number of carboxylic acids is 1. The molecule has 1 saturated heterocycles. The van der Waals surface area contributed by atoms with Crippen LogP contribution in [0.25, 0.3) is 11.3 Å². The molecule has 1 aliphatic heterocycles. The summed E-state index contributed by atoms with van der Waals surface area (Å²) in [5.74, 6) is -1.81. The van der Waals surface area contributed by atoms with Gasteiger partial charge in [0.2, 0.25) is 5.95 Å². The fourth-order valence-corrected chi connectivity index (χ4v) is 3.36. The molecule has 2 heterocycles. The number of benzene rings is 1. The summed E-state index contributed by atoms with van der Waals surface area (Å²) < 4.78 is 38.3. The van der Waals surface area contributed by atoms with Gasteiger partial charge in [0, 0.05) is 18.2 Å². The minimum Gasteiger partial charge on any atom is -0.507 e. The molecule has 1 aliphatic rings. The van der Waals surface area contributed by atoms with E-state index in [-0.39, 0.29) is 35.9 Å². The first kappa shape index (κ1) is 22.1. The first-order valence-electron chi connectivity index (χ1n) is 9.08. The van der Waals surface area contributed by atoms with E-state index < -0.39 is 41.6 Å². The van der Waals surface area contributed by atoms with Gasteiger partial charge >= 0.3 is 18.2 Å². The van der Waals surface area contributed by atoms with Crippen LogP contribution < -0.4 is 5.32 Å². The molecule has 2 atom stereocenters. The van der Waals surface area contributed by atoms with E-state index in [1.807, 2.05) is 0 Å². The number of amides is 1. The van der Waals surface area contributed by atoms with Crippen molar-refractivity contribution in [2.45, 2.75) is 38.0 Å². The number of phenols is 1. The highest BCUT2D eigenvalue weighted by atomic mass is 19.4. The summed E-state index contributed by atoms with van der Waals surface area (Å²) in [4.78, 5) is 27.5. The van der Waals surface area contributed by atoms with Gasteiger partial charge in [0.25, 0.3) is 0 Å². The molecule has 0 radical (unpaired) electrons. The minimum absolute atomic E-state index is 0.0241. The second-order valence-corrected chi connectivity index (χ2v) is 7.01. The molecule has 2 aromatic rings. The molecule has 0 spiro atoms. The number of alkyl halides is 3. The Labute approximate surface area is 173 Å². The van der Waals surface area contributed by atoms with Crippen LogP contribution in [0.5, 0.6) is 5.75 Å². The lowest BCUT2D eigenvalue weighted by molar-refractivity contribution is -0.143. The van der Waals surface area contributed by atoms with Gasteiger partial charge < -0.3 is 20.6 Å². The zero-order valence-electron chi connectivity index (χ0n) is 16.1. The number of hydrogen-bond donors (Lipinski definition) is 4. The molecule has 0 aliphatic carbocycles. The molecule has 31 heavy (non-hydrogen) atoms. The molecule has 1 fully saturated rings. The molecule has 2 unspecified atom stereocenters. The van der Waals surface area contributed by atoms with Crippen molar-refractivity contribution in [3.8, 4) is 17.0 Å². The highest BCUT2D eigenvalue weighted by Crippen LogP contribution is 2.36. The highest BCUT2D eigenvalue weighted by molar-refractivity contribution is 5.79. The van der Waals surface area contributed by atoms with Crippen molar-refractivity contribution >= 4 is 18.0 Å². The third kappa shape index (κ3) is 4.75. The Hall–Kier alpha value is -3.64. The normalized spacial score (nSPS) is 19.2. The number of likely N-dealkylation sites (tertiary alicyclic amines) is 1. The smallest absolute Gasteiger partial charge is 0.416 e. The maximum Gasteiger partial charge on any atom is 0.416 e. The molecule has 1 amide bonds. The van der Waals surface area contributed by atoms with Crippen LogP contribution in [0, 0.1) is 6.92 Å². The SMILES string of the molecule is Cc1nc(NC2CCC(C(=O)O)N(C(=O)O)C2)nnc1-c1ccc(C(F)(F)F)cc1O. The van der Waals surface area contributed by atoms with Crippen molar-refractivity contribution in [2.75, 3.05) is 11.9 Å². The van der Waals surface area contributed by atoms with E-state index in [0.717, 1.165) is 17.0 Å². The van der Waals surface area contributed by atoms with Gasteiger partial charge in [0.15, 0.2) is 0 Å². The van der Waals surface area contributed by atoms with Crippen LogP contribution in [0.4, 0.5) is 23.9 Å². The highest BCUT2D eigenvalue weighted by Gasteiger charge is 2.36. The summed E-state index contributed by atoms with van der Waals surface area (Å²) in [7, 11) is 0. The Morgan fingerprint density at radius 2 is 1.90 bits per heavy atom. The summed E-state index contributed by atoms with van der Waals surface area (Å²) in [6, 6.07) is 0.870. The van der Waals surface area contributed by atoms with Gasteiger partial charge in [-0.15, -0.1) is 10.2 Å². The van der Waals surface area contributed by atoms with E-state index >= 15 is 0 Å². The number of aliphatic carboxylic acids is 1. The van der Waals surface area contributed by atoms with Crippen molar-refractivity contribution in [1.29, 1.82) is 0 Å². The molecular formula is C18H18F3N5O5. The Morgan fingerprint density at radius 1 is 1.19 bits per heavy atom. The molecule has 1 aromatic heterocycles. The van der Waals surface area contributed by atoms with E-state index in [1.165, 1.54) is 6.92 Å². The second-order valence-electron chi connectivity index (χ2n) is 7.01. The summed E-state index contributed by atoms with van der Waals surface area (Å²) in [5, 5.41) is 39.1. The fourth-order valence-electron chi connectivity index (χ4n) is 3.36. The van der Waals surface area contributed by atoms with Gasteiger partial charge in [-0.1, -0.05) is 0 Å². The van der Waals surface area contributed by atoms with Gasteiger partial charge in [0.05, 0.1) is 11.3 Å². The standard InChI is InChI=1S/C18H18F3N5O5/c1-8-14(11-4-2-9(6-13(11)27)18(19,20)21)24-25-16(22-8)23-10-3-5-12(15(28)29)26(7-10)17(30)31/h2,4,6,10,12,27H,3,5,7H2,1H3,(H,28,29)(H,30,31)(H,22,23,25). The van der Waals surface area contributed by atoms with Crippen molar-refractivity contribution in [3.05, 3.63) is 29.5 Å². The first-order valence-corrected chi connectivity index (χ1v) is 9.08. The summed E-state index contributed by atoms with van der Waals surface area (Å²) in [6.45, 7) is 1.42. The van der Waals surface area contributed by atoms with E-state index in [1.54, 1.807) is 0 Å². The quantitative estimate of drug-likeness (QED) is 0.562. The van der Waals surface area contributed by atoms with Gasteiger partial charge in [-0.25, -0.2) is 14.6 Å². The van der Waals surface area contributed by atoms with E-state index in [2.05, 4.69) is 20.5 Å². The predicted molar refractivity (Wildman–Crippen MR) is 99.5 cm³/mol. The first-order chi connectivity index (χ1) is 14.5. The minimum atomic E-state index is -4.60. The number of aromatic hydroxyl groups is 1. The lowest BCUT2D eigenvalue weighted by atomic mass is 9.99. The van der Waals surface area contributed by atoms with E-state index in [4.69, 9.17) is 5.11 Å². The largest absolute Gasteiger partial charge is 0.507 e. The number of nitrogens with one attached hydrogen (secondary N) is 1. The van der Waals surface area contributed by atoms with Crippen LogP contribution in [0.2, 0.25) is 0 Å². The molecule has 1 aromatic carbocycles. The number of aryl methyl sites for hydroxylation is 1. The number of hydrogen-bond acceptors (Lipinski definition) is 7. The molecule has 166 valence electrons. The van der Waals surface area contributed by atoms with Crippen molar-refractivity contribution < 1.29 is 38.1 Å². The lowest BCUT2D eigenvalue weighted by Gasteiger charge is -2.35. The zero-order chi connectivity index (χ0) is 22.9. The van der Waals surface area contributed by atoms with Crippen LogP contribution in [0.15, 0.2) is 18.2 Å². The van der Waals surface area contributed by atoms with Gasteiger partial charge in [-0.3, -0.25) is 4.90 Å². The number of halogens is 3. The maximum absolute atomic E-state index is 12.8. The monoisotopic (exact) mass is 441 g/mol. The van der Waals surface area contributed by atoms with Crippen molar-refractivity contribution in [1.82, 2.24) is 20.1 Å². The lowest BCUT2D eigenvalue weighted by Crippen LogP contribution is -2.53. The average Bonchev–Trinajstić information content (AvgIpc) is 2.67. The molecule has 4 N–H and O–H groups in total. The number of piperidine rings is 1. The van der Waals surface area contributed by atoms with E-state index in [0.29, 0.717) is 12.5 Å². The average molecular weight is 441 g/mol. The number of carboxylic acid groups (broad SMARTS) is 2. The topological polar surface area (TPSA) is 149 Å². The third-order valence-corrected chi connectivity index (χ3v) is 4.89. The maximum atomic E-state index is 12.8. The fraction of sp³-hybridized carbons (Fsp3) is 0.389. The van der Waals surface area contributed by atoms with Crippen molar-refractivity contribution in [2.24, 2.45) is 0 Å². The molecular weight excluding hydrogens is 423 g/mol. The molecule has 10 nitrogen and oxygen atoms in total. The van der Waals surface area contributed by atoms with Crippen LogP contribution in [0.3, 0.4) is 0 Å². The number of anilines is 1.